The van der Waals surface area contributed by atoms with E-state index in [2.05, 4.69) is 26.6 Å². The summed E-state index contributed by atoms with van der Waals surface area (Å²) < 4.78 is 0. The van der Waals surface area contributed by atoms with Gasteiger partial charge in [-0.15, -0.1) is 11.3 Å². The average Bonchev–Trinajstić information content (AvgIpc) is 3.34. The third-order valence-corrected chi connectivity index (χ3v) is 7.67. The summed E-state index contributed by atoms with van der Waals surface area (Å²) in [5.41, 5.74) is 1.82. The van der Waals surface area contributed by atoms with Gasteiger partial charge >= 0.3 is 5.97 Å². The van der Waals surface area contributed by atoms with E-state index < -0.39 is 17.7 Å². The maximum absolute atomic E-state index is 12.4. The summed E-state index contributed by atoms with van der Waals surface area (Å²) in [6.45, 7) is 2.93. The highest BCUT2D eigenvalue weighted by atomic mass is 32.1. The molecule has 0 spiro atoms. The number of aliphatic carboxylic acids is 1. The van der Waals surface area contributed by atoms with Gasteiger partial charge in [0.25, 0.3) is 0 Å². The molecule has 1 aromatic heterocycles. The number of aliphatic hydroxyl groups excluding tert-OH is 3. The molecule has 0 unspecified atom stereocenters. The van der Waals surface area contributed by atoms with E-state index in [0.29, 0.717) is 24.4 Å². The Morgan fingerprint density at radius 2 is 1.72 bits per heavy atom. The van der Waals surface area contributed by atoms with Crippen LogP contribution in [0.3, 0.4) is 0 Å². The van der Waals surface area contributed by atoms with Gasteiger partial charge in [0.15, 0.2) is 0 Å². The van der Waals surface area contributed by atoms with Gasteiger partial charge < -0.3 is 25.7 Å². The van der Waals surface area contributed by atoms with E-state index >= 15 is 0 Å². The molecule has 0 saturated heterocycles. The Morgan fingerprint density at radius 3 is 2.23 bits per heavy atom. The lowest BCUT2D eigenvalue weighted by molar-refractivity contribution is -0.151. The number of carboxylic acids is 1. The van der Waals surface area contributed by atoms with Crippen molar-refractivity contribution in [3.05, 3.63) is 45.9 Å². The van der Waals surface area contributed by atoms with Crippen LogP contribution >= 0.6 is 11.3 Å². The molecule has 1 aromatic carbocycles. The molecule has 1 fully saturated rings. The summed E-state index contributed by atoms with van der Waals surface area (Å²) >= 11 is 1.65. The fourth-order valence-corrected chi connectivity index (χ4v) is 4.83. The summed E-state index contributed by atoms with van der Waals surface area (Å²) in [7, 11) is 0. The minimum atomic E-state index is -1.01. The second kappa shape index (κ2) is 17.1. The molecule has 0 bridgehead atoms. The number of amides is 1. The highest BCUT2D eigenvalue weighted by Gasteiger charge is 2.37. The minimum Gasteiger partial charge on any atom is -0.481 e. The summed E-state index contributed by atoms with van der Waals surface area (Å²) in [6, 6.07) is 7.54. The number of carboxylic acid groups (broad SMARTS) is 1. The van der Waals surface area contributed by atoms with E-state index in [-0.39, 0.29) is 32.5 Å². The molecule has 3 rings (SSSR count). The number of carbonyl (C=O) groups is 2. The van der Waals surface area contributed by atoms with Crippen molar-refractivity contribution in [3.8, 4) is 0 Å². The number of hydrogen-bond acceptors (Lipinski definition) is 10. The van der Waals surface area contributed by atoms with Gasteiger partial charge in [-0.05, 0) is 49.5 Å². The number of rotatable bonds is 15. The first kappa shape index (κ1) is 32.5. The van der Waals surface area contributed by atoms with Crippen LogP contribution in [-0.2, 0) is 9.59 Å². The number of nitrogens with one attached hydrogen (secondary N) is 4. The SMILES string of the molecule is CCC(CC)(CC(=O)Nc1cccc(/C=C/c2nc(C3CCC3)cs2)c1)C(=O)O.OCNC(NCO)NCO. The second-order valence-electron chi connectivity index (χ2n) is 9.23. The van der Waals surface area contributed by atoms with Gasteiger partial charge in [0.05, 0.1) is 31.3 Å². The molecule has 216 valence electrons. The standard InChI is InChI=1S/C23H28N2O3S.C4H13N3O3/c1-3-23(4-2,22(27)28)14-20(26)24-18-10-5-7-16(13-18)11-12-21-25-19(15-29-21)17-8-6-9-17;8-1-5-4(6-2-9)7-3-10/h5,7,10-13,15,17H,3-4,6,8-9,14H2,1-2H3,(H,24,26)(H,27,28);4-10H,1-3H2/b12-11+;. The second-order valence-corrected chi connectivity index (χ2v) is 10.1. The predicted octanol–water partition coefficient (Wildman–Crippen LogP) is 2.69. The van der Waals surface area contributed by atoms with Crippen LogP contribution in [0.5, 0.6) is 0 Å². The molecular formula is C27H41N5O6S. The largest absolute Gasteiger partial charge is 0.481 e. The molecule has 0 radical (unpaired) electrons. The zero-order valence-corrected chi connectivity index (χ0v) is 23.3. The van der Waals surface area contributed by atoms with E-state index in [1.807, 2.05) is 50.3 Å². The molecule has 1 amide bonds. The van der Waals surface area contributed by atoms with E-state index in [0.717, 1.165) is 10.6 Å². The van der Waals surface area contributed by atoms with Crippen LogP contribution in [0, 0.1) is 5.41 Å². The van der Waals surface area contributed by atoms with Crippen LogP contribution in [0.2, 0.25) is 0 Å². The van der Waals surface area contributed by atoms with Crippen molar-refractivity contribution in [2.75, 3.05) is 25.5 Å². The minimum absolute atomic E-state index is 0.0293. The molecule has 8 N–H and O–H groups in total. The molecule has 1 saturated carbocycles. The number of carbonyl (C=O) groups excluding carboxylic acids is 1. The normalized spacial score (nSPS) is 13.7. The van der Waals surface area contributed by atoms with Crippen LogP contribution in [0.1, 0.15) is 74.6 Å². The lowest BCUT2D eigenvalue weighted by Crippen LogP contribution is -2.53. The number of aliphatic hydroxyl groups is 3. The van der Waals surface area contributed by atoms with Crippen LogP contribution < -0.4 is 21.3 Å². The van der Waals surface area contributed by atoms with Crippen molar-refractivity contribution < 1.29 is 30.0 Å². The summed E-state index contributed by atoms with van der Waals surface area (Å²) in [5.74, 6) is -0.558. The van der Waals surface area contributed by atoms with Gasteiger partial charge in [-0.25, -0.2) is 4.98 Å². The lowest BCUT2D eigenvalue weighted by atomic mass is 9.79. The van der Waals surface area contributed by atoms with E-state index in [1.165, 1.54) is 25.0 Å². The zero-order valence-electron chi connectivity index (χ0n) is 22.5. The van der Waals surface area contributed by atoms with Crippen molar-refractivity contribution in [2.45, 2.75) is 64.6 Å². The van der Waals surface area contributed by atoms with Crippen LogP contribution in [-0.4, -0.2) is 63.8 Å². The number of hydrogen-bond donors (Lipinski definition) is 8. The molecule has 2 aromatic rings. The van der Waals surface area contributed by atoms with Crippen molar-refractivity contribution >= 4 is 41.1 Å². The van der Waals surface area contributed by atoms with Crippen molar-refractivity contribution in [1.29, 1.82) is 0 Å². The highest BCUT2D eigenvalue weighted by molar-refractivity contribution is 7.10. The lowest BCUT2D eigenvalue weighted by Gasteiger charge is -2.25. The molecule has 12 heteroatoms. The molecule has 1 aliphatic rings. The van der Waals surface area contributed by atoms with Gasteiger partial charge in [-0.3, -0.25) is 25.5 Å². The number of thiazole rings is 1. The third-order valence-electron chi connectivity index (χ3n) is 6.84. The molecule has 1 heterocycles. The van der Waals surface area contributed by atoms with Crippen molar-refractivity contribution in [3.63, 3.8) is 0 Å². The van der Waals surface area contributed by atoms with Gasteiger partial charge in [0.2, 0.25) is 5.91 Å². The Hall–Kier alpha value is -2.71. The molecule has 39 heavy (non-hydrogen) atoms. The smallest absolute Gasteiger partial charge is 0.310 e. The Kier molecular flexibility index (Phi) is 14.2. The predicted molar refractivity (Wildman–Crippen MR) is 152 cm³/mol. The fourth-order valence-electron chi connectivity index (χ4n) is 4.04. The maximum Gasteiger partial charge on any atom is 0.310 e. The van der Waals surface area contributed by atoms with Gasteiger partial charge in [0.1, 0.15) is 11.3 Å². The Bertz CT molecular complexity index is 1040. The first-order chi connectivity index (χ1) is 18.8. The topological polar surface area (TPSA) is 176 Å². The van der Waals surface area contributed by atoms with E-state index in [1.54, 1.807) is 11.3 Å². The first-order valence-corrected chi connectivity index (χ1v) is 14.0. The average molecular weight is 564 g/mol. The summed E-state index contributed by atoms with van der Waals surface area (Å²) in [4.78, 5) is 28.8. The van der Waals surface area contributed by atoms with E-state index in [9.17, 15) is 14.7 Å². The molecule has 11 nitrogen and oxygen atoms in total. The van der Waals surface area contributed by atoms with Crippen molar-refractivity contribution in [2.24, 2.45) is 5.41 Å². The summed E-state index contributed by atoms with van der Waals surface area (Å²) in [6.07, 6.45) is 8.11. The van der Waals surface area contributed by atoms with Crippen LogP contribution in [0.15, 0.2) is 29.6 Å². The Labute approximate surface area is 233 Å². The van der Waals surface area contributed by atoms with Gasteiger partial charge in [-0.1, -0.05) is 38.5 Å². The fraction of sp³-hybridized carbons (Fsp3) is 0.519. The molecule has 0 aliphatic heterocycles. The summed E-state index contributed by atoms with van der Waals surface area (Å²) in [5, 5.41) is 48.0. The quantitative estimate of drug-likeness (QED) is 0.150. The number of benzene rings is 1. The number of anilines is 1. The van der Waals surface area contributed by atoms with Gasteiger partial charge in [0, 0.05) is 23.4 Å². The Balaban J connectivity index is 0.000000455. The van der Waals surface area contributed by atoms with Gasteiger partial charge in [-0.2, -0.15) is 0 Å². The number of aromatic nitrogens is 1. The Morgan fingerprint density at radius 1 is 1.08 bits per heavy atom. The monoisotopic (exact) mass is 563 g/mol. The third kappa shape index (κ3) is 10.4. The molecular weight excluding hydrogens is 522 g/mol. The highest BCUT2D eigenvalue weighted by Crippen LogP contribution is 2.36. The maximum atomic E-state index is 12.4. The molecule has 1 aliphatic carbocycles. The van der Waals surface area contributed by atoms with Crippen molar-refractivity contribution in [1.82, 2.24) is 20.9 Å². The van der Waals surface area contributed by atoms with Crippen LogP contribution in [0.25, 0.3) is 12.2 Å². The van der Waals surface area contributed by atoms with Crippen LogP contribution in [0.4, 0.5) is 5.69 Å². The first-order valence-electron chi connectivity index (χ1n) is 13.1. The number of nitrogens with zero attached hydrogens (tertiary/aromatic N) is 1. The molecule has 0 atom stereocenters. The van der Waals surface area contributed by atoms with E-state index in [4.69, 9.17) is 20.3 Å². The zero-order chi connectivity index (χ0) is 28.7.